The minimum absolute atomic E-state index is 0.360. The lowest BCUT2D eigenvalue weighted by Crippen LogP contribution is -2.12. The molecule has 0 amide bonds. The van der Waals surface area contributed by atoms with E-state index in [2.05, 4.69) is 10.3 Å². The molecule has 20 heavy (non-hydrogen) atoms. The Kier molecular flexibility index (Phi) is 4.40. The summed E-state index contributed by atoms with van der Waals surface area (Å²) in [5.74, 6) is -0.156. The molecule has 0 fully saturated rings. The summed E-state index contributed by atoms with van der Waals surface area (Å²) in [6.45, 7) is 2.38. The molecule has 0 aliphatic carbocycles. The first-order valence-electron chi connectivity index (χ1n) is 6.58. The second-order valence-electron chi connectivity index (χ2n) is 4.95. The van der Waals surface area contributed by atoms with E-state index in [4.69, 9.17) is 5.11 Å². The summed E-state index contributed by atoms with van der Waals surface area (Å²) in [5.41, 5.74) is 2.03. The van der Waals surface area contributed by atoms with Gasteiger partial charge in [0, 0.05) is 25.1 Å². The normalized spacial score (nSPS) is 12.1. The Morgan fingerprint density at radius 1 is 1.40 bits per heavy atom. The minimum atomic E-state index is -0.762. The number of rotatable bonds is 6. The maximum absolute atomic E-state index is 10.8. The molecular formula is C15H19N3O2. The molecule has 0 spiro atoms. The number of hydrogen-bond acceptors (Lipinski definition) is 3. The van der Waals surface area contributed by atoms with Gasteiger partial charge < -0.3 is 15.0 Å². The molecule has 0 saturated heterocycles. The smallest absolute Gasteiger partial charge is 0.306 e. The molecule has 0 bridgehead atoms. The molecule has 2 N–H and O–H groups in total. The van der Waals surface area contributed by atoms with Crippen molar-refractivity contribution < 1.29 is 9.90 Å². The molecule has 0 aliphatic rings. The van der Waals surface area contributed by atoms with E-state index >= 15 is 0 Å². The van der Waals surface area contributed by atoms with Crippen LogP contribution in [0.25, 0.3) is 0 Å². The molecule has 1 atom stereocenters. The highest BCUT2D eigenvalue weighted by Gasteiger charge is 2.11. The number of carboxylic acid groups (broad SMARTS) is 1. The number of nitrogens with zero attached hydrogens (tertiary/aromatic N) is 2. The van der Waals surface area contributed by atoms with Crippen LogP contribution in [-0.2, 0) is 24.8 Å². The molecule has 1 unspecified atom stereocenters. The van der Waals surface area contributed by atoms with Gasteiger partial charge in [-0.1, -0.05) is 19.1 Å². The van der Waals surface area contributed by atoms with Crippen LogP contribution in [-0.4, -0.2) is 20.6 Å². The van der Waals surface area contributed by atoms with E-state index in [9.17, 15) is 4.79 Å². The summed E-state index contributed by atoms with van der Waals surface area (Å²) in [4.78, 5) is 15.1. The first-order valence-corrected chi connectivity index (χ1v) is 6.58. The number of carboxylic acids is 1. The Balaban J connectivity index is 1.91. The number of nitrogens with one attached hydrogen (secondary N) is 1. The predicted octanol–water partition coefficient (Wildman–Crippen LogP) is 2.30. The zero-order valence-electron chi connectivity index (χ0n) is 11.7. The van der Waals surface area contributed by atoms with E-state index in [0.29, 0.717) is 13.0 Å². The first-order chi connectivity index (χ1) is 9.56. The minimum Gasteiger partial charge on any atom is -0.481 e. The molecule has 106 valence electrons. The number of aromatic nitrogens is 2. The van der Waals surface area contributed by atoms with Crippen LogP contribution in [0.1, 0.15) is 18.3 Å². The van der Waals surface area contributed by atoms with Crippen molar-refractivity contribution in [1.29, 1.82) is 0 Å². The van der Waals surface area contributed by atoms with Gasteiger partial charge in [0.1, 0.15) is 5.82 Å². The van der Waals surface area contributed by atoms with Crippen LogP contribution >= 0.6 is 0 Å². The van der Waals surface area contributed by atoms with Crippen molar-refractivity contribution in [2.24, 2.45) is 13.0 Å². The maximum atomic E-state index is 10.8. The molecule has 5 heteroatoms. The van der Waals surface area contributed by atoms with Crippen molar-refractivity contribution in [3.8, 4) is 0 Å². The number of benzene rings is 1. The summed E-state index contributed by atoms with van der Waals surface area (Å²) in [6.07, 6.45) is 4.23. The predicted molar refractivity (Wildman–Crippen MR) is 77.5 cm³/mol. The summed E-state index contributed by atoms with van der Waals surface area (Å²) in [7, 11) is 1.96. The zero-order valence-corrected chi connectivity index (χ0v) is 11.7. The Labute approximate surface area is 118 Å². The van der Waals surface area contributed by atoms with Crippen molar-refractivity contribution in [1.82, 2.24) is 9.55 Å². The van der Waals surface area contributed by atoms with Gasteiger partial charge in [0.25, 0.3) is 0 Å². The molecule has 1 aromatic carbocycles. The first kappa shape index (κ1) is 14.1. The molecule has 0 radical (unpaired) electrons. The third-order valence-electron chi connectivity index (χ3n) is 3.29. The molecule has 2 rings (SSSR count). The SMILES string of the molecule is CC(Cc1ccc(NCc2nccn2C)cc1)C(=O)O. The van der Waals surface area contributed by atoms with Crippen LogP contribution < -0.4 is 5.32 Å². The average Bonchev–Trinajstić information content (AvgIpc) is 2.83. The van der Waals surface area contributed by atoms with E-state index in [1.165, 1.54) is 0 Å². The van der Waals surface area contributed by atoms with Crippen molar-refractivity contribution in [3.63, 3.8) is 0 Å². The molecule has 5 nitrogen and oxygen atoms in total. The van der Waals surface area contributed by atoms with Gasteiger partial charge in [0.2, 0.25) is 0 Å². The highest BCUT2D eigenvalue weighted by Crippen LogP contribution is 2.14. The van der Waals surface area contributed by atoms with Crippen molar-refractivity contribution >= 4 is 11.7 Å². The Bertz CT molecular complexity index is 575. The van der Waals surface area contributed by atoms with E-state index in [1.54, 1.807) is 13.1 Å². The lowest BCUT2D eigenvalue weighted by Gasteiger charge is -2.09. The number of imidazole rings is 1. The molecule has 1 aromatic heterocycles. The third-order valence-corrected chi connectivity index (χ3v) is 3.29. The van der Waals surface area contributed by atoms with Gasteiger partial charge in [-0.05, 0) is 24.1 Å². The number of aryl methyl sites for hydroxylation is 1. The monoisotopic (exact) mass is 273 g/mol. The molecule has 0 aliphatic heterocycles. The van der Waals surface area contributed by atoms with Gasteiger partial charge in [-0.15, -0.1) is 0 Å². The Morgan fingerprint density at radius 3 is 2.65 bits per heavy atom. The van der Waals surface area contributed by atoms with Gasteiger partial charge in [0.05, 0.1) is 12.5 Å². The summed E-state index contributed by atoms with van der Waals surface area (Å²) in [5, 5.41) is 12.2. The van der Waals surface area contributed by atoms with Crippen LogP contribution in [0, 0.1) is 5.92 Å². The Morgan fingerprint density at radius 2 is 2.10 bits per heavy atom. The lowest BCUT2D eigenvalue weighted by molar-refractivity contribution is -0.141. The van der Waals surface area contributed by atoms with E-state index in [1.807, 2.05) is 42.1 Å². The summed E-state index contributed by atoms with van der Waals surface area (Å²) >= 11 is 0. The fourth-order valence-corrected chi connectivity index (χ4v) is 1.95. The molecule has 0 saturated carbocycles. The number of anilines is 1. The van der Waals surface area contributed by atoms with Crippen molar-refractivity contribution in [2.45, 2.75) is 19.9 Å². The standard InChI is InChI=1S/C15H19N3O2/c1-11(15(19)20)9-12-3-5-13(6-4-12)17-10-14-16-7-8-18(14)2/h3-8,11,17H,9-10H2,1-2H3,(H,19,20). The van der Waals surface area contributed by atoms with Crippen LogP contribution in [0.4, 0.5) is 5.69 Å². The highest BCUT2D eigenvalue weighted by atomic mass is 16.4. The van der Waals surface area contributed by atoms with Crippen molar-refractivity contribution in [2.75, 3.05) is 5.32 Å². The zero-order chi connectivity index (χ0) is 14.5. The van der Waals surface area contributed by atoms with Gasteiger partial charge in [-0.25, -0.2) is 4.98 Å². The quantitative estimate of drug-likeness (QED) is 0.847. The lowest BCUT2D eigenvalue weighted by atomic mass is 10.0. The van der Waals surface area contributed by atoms with Gasteiger partial charge in [-0.2, -0.15) is 0 Å². The van der Waals surface area contributed by atoms with Crippen LogP contribution in [0.15, 0.2) is 36.7 Å². The third kappa shape index (κ3) is 3.60. The average molecular weight is 273 g/mol. The van der Waals surface area contributed by atoms with E-state index < -0.39 is 5.97 Å². The Hall–Kier alpha value is -2.30. The summed E-state index contributed by atoms with van der Waals surface area (Å²) < 4.78 is 1.97. The molecular weight excluding hydrogens is 254 g/mol. The number of hydrogen-bond donors (Lipinski definition) is 2. The van der Waals surface area contributed by atoms with E-state index in [0.717, 1.165) is 17.1 Å². The van der Waals surface area contributed by atoms with Gasteiger partial charge in [-0.3, -0.25) is 4.79 Å². The van der Waals surface area contributed by atoms with Crippen LogP contribution in [0.3, 0.4) is 0 Å². The summed E-state index contributed by atoms with van der Waals surface area (Å²) in [6, 6.07) is 7.85. The molecule has 2 aromatic rings. The number of carbonyl (C=O) groups is 1. The van der Waals surface area contributed by atoms with Crippen molar-refractivity contribution in [3.05, 3.63) is 48.0 Å². The van der Waals surface area contributed by atoms with Gasteiger partial charge in [0.15, 0.2) is 0 Å². The fraction of sp³-hybridized carbons (Fsp3) is 0.333. The van der Waals surface area contributed by atoms with E-state index in [-0.39, 0.29) is 5.92 Å². The number of aliphatic carboxylic acids is 1. The second-order valence-corrected chi connectivity index (χ2v) is 4.95. The molecule has 1 heterocycles. The van der Waals surface area contributed by atoms with Crippen LogP contribution in [0.5, 0.6) is 0 Å². The van der Waals surface area contributed by atoms with Gasteiger partial charge >= 0.3 is 5.97 Å². The van der Waals surface area contributed by atoms with Crippen LogP contribution in [0.2, 0.25) is 0 Å². The topological polar surface area (TPSA) is 67.2 Å². The highest BCUT2D eigenvalue weighted by molar-refractivity contribution is 5.69. The maximum Gasteiger partial charge on any atom is 0.306 e. The largest absolute Gasteiger partial charge is 0.481 e. The fourth-order valence-electron chi connectivity index (χ4n) is 1.95. The second kappa shape index (κ2) is 6.23.